The van der Waals surface area contributed by atoms with E-state index in [2.05, 4.69) is 57.7 Å². The highest BCUT2D eigenvalue weighted by Crippen LogP contribution is 2.43. The van der Waals surface area contributed by atoms with Crippen LogP contribution in [0.4, 0.5) is 28.8 Å². The van der Waals surface area contributed by atoms with Gasteiger partial charge in [0.15, 0.2) is 5.82 Å². The molecule has 10 heteroatoms. The number of rotatable bonds is 10. The lowest BCUT2D eigenvalue weighted by Gasteiger charge is -2.39. The molecule has 5 rings (SSSR count). The number of nitrogens with zero attached hydrogens (tertiary/aromatic N) is 4. The summed E-state index contributed by atoms with van der Waals surface area (Å²) in [5.74, 6) is 1.62. The van der Waals surface area contributed by atoms with Crippen LogP contribution in [0.15, 0.2) is 48.7 Å². The van der Waals surface area contributed by atoms with Crippen LogP contribution >= 0.6 is 20.0 Å². The summed E-state index contributed by atoms with van der Waals surface area (Å²) >= 11 is 6.50. The van der Waals surface area contributed by atoms with Crippen molar-refractivity contribution in [1.29, 1.82) is 0 Å². The van der Waals surface area contributed by atoms with Gasteiger partial charge >= 0.3 is 0 Å². The Bertz CT molecular complexity index is 1260. The first-order valence-corrected chi connectivity index (χ1v) is 15.1. The van der Waals surface area contributed by atoms with Crippen molar-refractivity contribution in [2.75, 3.05) is 56.9 Å². The summed E-state index contributed by atoms with van der Waals surface area (Å²) in [4.78, 5) is 14.1. The van der Waals surface area contributed by atoms with Gasteiger partial charge in [0.1, 0.15) is 5.02 Å². The Morgan fingerprint density at radius 1 is 1.00 bits per heavy atom. The van der Waals surface area contributed by atoms with E-state index in [1.807, 2.05) is 24.3 Å². The zero-order valence-corrected chi connectivity index (χ0v) is 24.8. The van der Waals surface area contributed by atoms with Gasteiger partial charge in [0, 0.05) is 44.7 Å². The van der Waals surface area contributed by atoms with Crippen LogP contribution in [-0.4, -0.2) is 62.3 Å². The fraction of sp³-hybridized carbons (Fsp3) is 0.448. The SMILES string of the molecule is COP(OC)c1ccccc1Nc1nc(Nc2ccc(N3CCC(N(C)C)CC3)c(C3CCC3)c2)ncc1Cl. The third kappa shape index (κ3) is 6.47. The number of hydrogen-bond acceptors (Lipinski definition) is 8. The molecule has 0 bridgehead atoms. The van der Waals surface area contributed by atoms with Gasteiger partial charge in [-0.25, -0.2) is 4.98 Å². The second-order valence-corrected chi connectivity index (χ2v) is 12.5. The van der Waals surface area contributed by atoms with Crippen LogP contribution in [0, 0.1) is 0 Å². The minimum Gasteiger partial charge on any atom is -0.371 e. The topological polar surface area (TPSA) is 74.8 Å². The second kappa shape index (κ2) is 12.8. The summed E-state index contributed by atoms with van der Waals surface area (Å²) in [6.45, 7) is 2.20. The molecule has 0 unspecified atom stereocenters. The summed E-state index contributed by atoms with van der Waals surface area (Å²) < 4.78 is 11.1. The lowest BCUT2D eigenvalue weighted by atomic mass is 9.79. The van der Waals surface area contributed by atoms with E-state index in [9.17, 15) is 0 Å². The second-order valence-electron chi connectivity index (χ2n) is 10.4. The molecule has 0 radical (unpaired) electrons. The standard InChI is InChI=1S/C29H38ClN6O2P/c1-35(2)22-14-16-36(17-15-22)26-13-12-21(18-23(26)20-8-7-9-20)32-29-31-19-24(30)28(34-29)33-25-10-5-6-11-27(25)39(37-3)38-4/h5-6,10-13,18-20,22H,7-9,14-17H2,1-4H3,(H2,31,32,33,34). The van der Waals surface area contributed by atoms with Gasteiger partial charge in [-0.3, -0.25) is 0 Å². The molecule has 2 aromatic carbocycles. The number of anilines is 5. The Kier molecular flexibility index (Phi) is 9.21. The molecule has 0 amide bonds. The molecule has 2 aliphatic rings. The van der Waals surface area contributed by atoms with Gasteiger partial charge in [-0.15, -0.1) is 0 Å². The quantitative estimate of drug-likeness (QED) is 0.263. The van der Waals surface area contributed by atoms with Gasteiger partial charge in [0.05, 0.1) is 17.2 Å². The molecule has 1 saturated heterocycles. The molecule has 1 aliphatic heterocycles. The van der Waals surface area contributed by atoms with Gasteiger partial charge in [0.2, 0.25) is 14.3 Å². The third-order valence-corrected chi connectivity index (χ3v) is 9.52. The first-order valence-electron chi connectivity index (χ1n) is 13.6. The predicted octanol–water partition coefficient (Wildman–Crippen LogP) is 6.65. The van der Waals surface area contributed by atoms with Crippen molar-refractivity contribution in [2.45, 2.75) is 44.1 Å². The molecule has 0 spiro atoms. The monoisotopic (exact) mass is 568 g/mol. The molecule has 2 N–H and O–H groups in total. The largest absolute Gasteiger partial charge is 0.371 e. The Labute approximate surface area is 238 Å². The Balaban J connectivity index is 1.36. The van der Waals surface area contributed by atoms with E-state index in [1.54, 1.807) is 20.4 Å². The minimum atomic E-state index is -1.22. The maximum Gasteiger partial charge on any atom is 0.229 e. The normalized spacial score (nSPS) is 16.5. The van der Waals surface area contributed by atoms with Crippen molar-refractivity contribution in [3.63, 3.8) is 0 Å². The van der Waals surface area contributed by atoms with Gasteiger partial charge in [-0.2, -0.15) is 4.98 Å². The van der Waals surface area contributed by atoms with Crippen molar-refractivity contribution in [1.82, 2.24) is 14.9 Å². The summed E-state index contributed by atoms with van der Waals surface area (Å²) in [5, 5.41) is 8.12. The average molecular weight is 569 g/mol. The molecule has 2 heterocycles. The number of halogens is 1. The number of piperidine rings is 1. The van der Waals surface area contributed by atoms with E-state index >= 15 is 0 Å². The smallest absolute Gasteiger partial charge is 0.229 e. The highest BCUT2D eigenvalue weighted by molar-refractivity contribution is 7.56. The number of hydrogen-bond donors (Lipinski definition) is 2. The summed E-state index contributed by atoms with van der Waals surface area (Å²) in [5.41, 5.74) is 4.63. The van der Waals surface area contributed by atoms with E-state index in [4.69, 9.17) is 25.6 Å². The fourth-order valence-electron chi connectivity index (χ4n) is 5.37. The van der Waals surface area contributed by atoms with Crippen LogP contribution in [0.25, 0.3) is 0 Å². The van der Waals surface area contributed by atoms with Crippen LogP contribution in [0.1, 0.15) is 43.6 Å². The van der Waals surface area contributed by atoms with Crippen LogP contribution in [0.2, 0.25) is 5.02 Å². The highest BCUT2D eigenvalue weighted by atomic mass is 35.5. The maximum absolute atomic E-state index is 6.50. The van der Waals surface area contributed by atoms with E-state index in [0.29, 0.717) is 28.7 Å². The van der Waals surface area contributed by atoms with Gasteiger partial charge < -0.3 is 29.5 Å². The molecule has 8 nitrogen and oxygen atoms in total. The molecular formula is C29H38ClN6O2P. The zero-order chi connectivity index (χ0) is 27.4. The average Bonchev–Trinajstić information content (AvgIpc) is 2.91. The van der Waals surface area contributed by atoms with Crippen molar-refractivity contribution in [2.24, 2.45) is 0 Å². The first-order chi connectivity index (χ1) is 19.0. The fourth-order valence-corrected chi connectivity index (χ4v) is 6.59. The van der Waals surface area contributed by atoms with Crippen molar-refractivity contribution >= 4 is 54.1 Å². The van der Waals surface area contributed by atoms with E-state index < -0.39 is 8.38 Å². The van der Waals surface area contributed by atoms with Gasteiger partial charge in [-0.1, -0.05) is 30.2 Å². The summed E-state index contributed by atoms with van der Waals surface area (Å²) in [6.07, 6.45) is 7.82. The Morgan fingerprint density at radius 2 is 1.74 bits per heavy atom. The molecule has 2 fully saturated rings. The molecule has 208 valence electrons. The van der Waals surface area contributed by atoms with Crippen LogP contribution < -0.4 is 20.8 Å². The van der Waals surface area contributed by atoms with Crippen molar-refractivity contribution in [3.05, 3.63) is 59.2 Å². The Hall–Kier alpha value is -2.48. The summed E-state index contributed by atoms with van der Waals surface area (Å²) in [6, 6.07) is 15.2. The molecular weight excluding hydrogens is 531 g/mol. The molecule has 0 atom stereocenters. The molecule has 1 aliphatic carbocycles. The molecule has 1 aromatic heterocycles. The van der Waals surface area contributed by atoms with Crippen LogP contribution in [0.5, 0.6) is 0 Å². The first kappa shape index (κ1) is 28.1. The third-order valence-electron chi connectivity index (χ3n) is 7.79. The predicted molar refractivity (Wildman–Crippen MR) is 163 cm³/mol. The number of aromatic nitrogens is 2. The molecule has 39 heavy (non-hydrogen) atoms. The number of nitrogens with one attached hydrogen (secondary N) is 2. The van der Waals surface area contributed by atoms with Crippen molar-refractivity contribution in [3.8, 4) is 0 Å². The van der Waals surface area contributed by atoms with E-state index in [-0.39, 0.29) is 0 Å². The lowest BCUT2D eigenvalue weighted by molar-refractivity contribution is 0.249. The van der Waals surface area contributed by atoms with Gasteiger partial charge in [-0.05, 0) is 81.6 Å². The van der Waals surface area contributed by atoms with Crippen LogP contribution in [0.3, 0.4) is 0 Å². The zero-order valence-electron chi connectivity index (χ0n) is 23.2. The highest BCUT2D eigenvalue weighted by Gasteiger charge is 2.27. The lowest BCUT2D eigenvalue weighted by Crippen LogP contribution is -2.42. The molecule has 3 aromatic rings. The maximum atomic E-state index is 6.50. The summed E-state index contributed by atoms with van der Waals surface area (Å²) in [7, 11) is 6.44. The molecule has 1 saturated carbocycles. The van der Waals surface area contributed by atoms with E-state index in [0.717, 1.165) is 29.8 Å². The number of para-hydroxylation sites is 1. The minimum absolute atomic E-state index is 0.432. The Morgan fingerprint density at radius 3 is 2.41 bits per heavy atom. The van der Waals surface area contributed by atoms with Gasteiger partial charge in [0.25, 0.3) is 0 Å². The van der Waals surface area contributed by atoms with Crippen LogP contribution in [-0.2, 0) is 9.05 Å². The number of benzene rings is 2. The van der Waals surface area contributed by atoms with E-state index in [1.165, 1.54) is 43.4 Å². The van der Waals surface area contributed by atoms with Crippen molar-refractivity contribution < 1.29 is 9.05 Å².